The van der Waals surface area contributed by atoms with Crippen LogP contribution in [0.4, 0.5) is 0 Å². The summed E-state index contributed by atoms with van der Waals surface area (Å²) in [7, 11) is 1.60. The van der Waals surface area contributed by atoms with Crippen LogP contribution in [-0.2, 0) is 19.5 Å². The zero-order chi connectivity index (χ0) is 18.8. The van der Waals surface area contributed by atoms with Crippen molar-refractivity contribution in [3.05, 3.63) is 71.2 Å². The minimum atomic E-state index is -0.108. The molecule has 0 radical (unpaired) electrons. The molecule has 3 aromatic rings. The van der Waals surface area contributed by atoms with Crippen LogP contribution >= 0.6 is 0 Å². The lowest BCUT2D eigenvalue weighted by molar-refractivity contribution is 0.0950. The molecule has 27 heavy (non-hydrogen) atoms. The summed E-state index contributed by atoms with van der Waals surface area (Å²) < 4.78 is 7.48. The molecule has 5 nitrogen and oxygen atoms in total. The molecule has 1 N–H and O–H groups in total. The molecule has 0 aliphatic carbocycles. The Morgan fingerprint density at radius 1 is 1.26 bits per heavy atom. The molecule has 0 atom stereocenters. The van der Waals surface area contributed by atoms with Gasteiger partial charge in [-0.1, -0.05) is 18.2 Å². The van der Waals surface area contributed by atoms with Crippen molar-refractivity contribution in [2.24, 2.45) is 0 Å². The number of aryl methyl sites for hydroxylation is 3. The van der Waals surface area contributed by atoms with Crippen molar-refractivity contribution in [2.75, 3.05) is 7.11 Å². The van der Waals surface area contributed by atoms with E-state index in [-0.39, 0.29) is 5.91 Å². The Kier molecular flexibility index (Phi) is 4.67. The highest BCUT2D eigenvalue weighted by Crippen LogP contribution is 2.23. The molecule has 4 rings (SSSR count). The molecule has 0 saturated heterocycles. The molecule has 0 bridgehead atoms. The van der Waals surface area contributed by atoms with Gasteiger partial charge < -0.3 is 14.6 Å². The largest absolute Gasteiger partial charge is 0.497 e. The van der Waals surface area contributed by atoms with Gasteiger partial charge in [-0.25, -0.2) is 4.98 Å². The molecule has 0 fully saturated rings. The number of amides is 1. The highest BCUT2D eigenvalue weighted by molar-refractivity contribution is 5.94. The number of methoxy groups -OCH3 is 1. The Bertz CT molecular complexity index is 969. The Labute approximate surface area is 159 Å². The Hall–Kier alpha value is -3.08. The van der Waals surface area contributed by atoms with Gasteiger partial charge in [-0.15, -0.1) is 0 Å². The Morgan fingerprint density at radius 2 is 2.15 bits per heavy atom. The quantitative estimate of drug-likeness (QED) is 0.753. The van der Waals surface area contributed by atoms with E-state index in [1.165, 1.54) is 6.42 Å². The standard InChI is InChI=1S/C22H23N3O2/c1-15-9-18(12-19(10-15)27-2)22(26)23-13-16-5-3-6-17(11-16)20-14-25-8-4-7-21(25)24-20/h3,5-6,9-12,14H,4,7-8,13H2,1-2H3,(H,23,26). The summed E-state index contributed by atoms with van der Waals surface area (Å²) in [6.45, 7) is 3.47. The van der Waals surface area contributed by atoms with E-state index in [1.54, 1.807) is 13.2 Å². The maximum atomic E-state index is 12.5. The van der Waals surface area contributed by atoms with Crippen LogP contribution in [-0.4, -0.2) is 22.6 Å². The van der Waals surface area contributed by atoms with E-state index in [9.17, 15) is 4.79 Å². The molecule has 0 saturated carbocycles. The number of fused-ring (bicyclic) bond motifs is 1. The third-order valence-corrected chi connectivity index (χ3v) is 4.88. The molecule has 1 amide bonds. The second kappa shape index (κ2) is 7.27. The molecule has 1 aliphatic heterocycles. The first-order chi connectivity index (χ1) is 13.1. The van der Waals surface area contributed by atoms with Crippen LogP contribution in [0.2, 0.25) is 0 Å². The van der Waals surface area contributed by atoms with Crippen LogP contribution in [0.5, 0.6) is 5.75 Å². The van der Waals surface area contributed by atoms with Gasteiger partial charge in [0.05, 0.1) is 12.8 Å². The predicted molar refractivity (Wildman–Crippen MR) is 105 cm³/mol. The van der Waals surface area contributed by atoms with E-state index in [2.05, 4.69) is 28.2 Å². The van der Waals surface area contributed by atoms with Crippen LogP contribution in [0, 0.1) is 6.92 Å². The second-order valence-corrected chi connectivity index (χ2v) is 6.96. The molecule has 138 valence electrons. The average molecular weight is 361 g/mol. The maximum absolute atomic E-state index is 12.5. The van der Waals surface area contributed by atoms with E-state index in [4.69, 9.17) is 9.72 Å². The van der Waals surface area contributed by atoms with E-state index in [1.807, 2.05) is 31.2 Å². The van der Waals surface area contributed by atoms with Gasteiger partial charge in [-0.2, -0.15) is 0 Å². The third kappa shape index (κ3) is 3.72. The van der Waals surface area contributed by atoms with Crippen LogP contribution in [0.15, 0.2) is 48.7 Å². The number of carbonyl (C=O) groups excluding carboxylic acids is 1. The van der Waals surface area contributed by atoms with Crippen LogP contribution < -0.4 is 10.1 Å². The Morgan fingerprint density at radius 3 is 2.96 bits per heavy atom. The number of nitrogens with one attached hydrogen (secondary N) is 1. The monoisotopic (exact) mass is 361 g/mol. The number of benzene rings is 2. The molecule has 5 heteroatoms. The van der Waals surface area contributed by atoms with Gasteiger partial charge in [-0.3, -0.25) is 4.79 Å². The van der Waals surface area contributed by atoms with Crippen molar-refractivity contribution in [2.45, 2.75) is 32.9 Å². The number of imidazole rings is 1. The number of aromatic nitrogens is 2. The van der Waals surface area contributed by atoms with Crippen molar-refractivity contribution in [1.29, 1.82) is 0 Å². The fraction of sp³-hybridized carbons (Fsp3) is 0.273. The molecule has 2 heterocycles. The fourth-order valence-electron chi connectivity index (χ4n) is 3.52. The van der Waals surface area contributed by atoms with Crippen molar-refractivity contribution in [1.82, 2.24) is 14.9 Å². The summed E-state index contributed by atoms with van der Waals surface area (Å²) in [5.74, 6) is 1.75. The van der Waals surface area contributed by atoms with Crippen molar-refractivity contribution >= 4 is 5.91 Å². The summed E-state index contributed by atoms with van der Waals surface area (Å²) in [6.07, 6.45) is 4.35. The zero-order valence-electron chi connectivity index (χ0n) is 15.7. The number of carbonyl (C=O) groups is 1. The lowest BCUT2D eigenvalue weighted by Crippen LogP contribution is -2.22. The normalized spacial score (nSPS) is 12.7. The summed E-state index contributed by atoms with van der Waals surface area (Å²) in [6, 6.07) is 13.7. The minimum absolute atomic E-state index is 0.108. The van der Waals surface area contributed by atoms with Crippen molar-refractivity contribution in [3.8, 4) is 17.0 Å². The van der Waals surface area contributed by atoms with Gasteiger partial charge in [0, 0.05) is 36.8 Å². The lowest BCUT2D eigenvalue weighted by atomic mass is 10.1. The summed E-state index contributed by atoms with van der Waals surface area (Å²) in [4.78, 5) is 17.2. The van der Waals surface area contributed by atoms with Gasteiger partial charge >= 0.3 is 0 Å². The molecule has 1 aromatic heterocycles. The molecule has 2 aromatic carbocycles. The smallest absolute Gasteiger partial charge is 0.251 e. The van der Waals surface area contributed by atoms with Gasteiger partial charge in [0.1, 0.15) is 11.6 Å². The van der Waals surface area contributed by atoms with E-state index >= 15 is 0 Å². The van der Waals surface area contributed by atoms with Gasteiger partial charge in [-0.05, 0) is 48.7 Å². The van der Waals surface area contributed by atoms with Gasteiger partial charge in [0.2, 0.25) is 0 Å². The first kappa shape index (κ1) is 17.3. The van der Waals surface area contributed by atoms with Crippen molar-refractivity contribution < 1.29 is 9.53 Å². The molecule has 0 spiro atoms. The Balaban J connectivity index is 1.47. The predicted octanol–water partition coefficient (Wildman–Crippen LogP) is 3.74. The number of hydrogen-bond donors (Lipinski definition) is 1. The van der Waals surface area contributed by atoms with Gasteiger partial charge in [0.15, 0.2) is 0 Å². The first-order valence-electron chi connectivity index (χ1n) is 9.21. The second-order valence-electron chi connectivity index (χ2n) is 6.96. The van der Waals surface area contributed by atoms with Crippen LogP contribution in [0.25, 0.3) is 11.3 Å². The summed E-state index contributed by atoms with van der Waals surface area (Å²) in [5, 5.41) is 2.99. The third-order valence-electron chi connectivity index (χ3n) is 4.88. The van der Waals surface area contributed by atoms with E-state index in [0.29, 0.717) is 17.9 Å². The average Bonchev–Trinajstić information content (AvgIpc) is 3.28. The van der Waals surface area contributed by atoms with E-state index < -0.39 is 0 Å². The summed E-state index contributed by atoms with van der Waals surface area (Å²) >= 11 is 0. The zero-order valence-corrected chi connectivity index (χ0v) is 15.7. The first-order valence-corrected chi connectivity index (χ1v) is 9.21. The fourth-order valence-corrected chi connectivity index (χ4v) is 3.52. The molecular weight excluding hydrogens is 338 g/mol. The lowest BCUT2D eigenvalue weighted by Gasteiger charge is -2.09. The van der Waals surface area contributed by atoms with Crippen LogP contribution in [0.3, 0.4) is 0 Å². The maximum Gasteiger partial charge on any atom is 0.251 e. The molecule has 1 aliphatic rings. The summed E-state index contributed by atoms with van der Waals surface area (Å²) in [5.41, 5.74) is 4.73. The number of nitrogens with zero attached hydrogens (tertiary/aromatic N) is 2. The highest BCUT2D eigenvalue weighted by Gasteiger charge is 2.15. The van der Waals surface area contributed by atoms with Crippen molar-refractivity contribution in [3.63, 3.8) is 0 Å². The minimum Gasteiger partial charge on any atom is -0.497 e. The number of hydrogen-bond acceptors (Lipinski definition) is 3. The SMILES string of the molecule is COc1cc(C)cc(C(=O)NCc2cccc(-c3cn4c(n3)CCC4)c2)c1. The number of rotatable bonds is 5. The number of ether oxygens (including phenoxy) is 1. The van der Waals surface area contributed by atoms with E-state index in [0.717, 1.165) is 41.2 Å². The topological polar surface area (TPSA) is 56.1 Å². The van der Waals surface area contributed by atoms with Gasteiger partial charge in [0.25, 0.3) is 5.91 Å². The highest BCUT2D eigenvalue weighted by atomic mass is 16.5. The van der Waals surface area contributed by atoms with Crippen LogP contribution in [0.1, 0.15) is 33.7 Å². The molecular formula is C22H23N3O2. The molecule has 0 unspecified atom stereocenters.